The number of para-hydroxylation sites is 2. The summed E-state index contributed by atoms with van der Waals surface area (Å²) in [5.41, 5.74) is 0.655. The number of thioether (sulfide) groups is 1. The van der Waals surface area contributed by atoms with Crippen molar-refractivity contribution in [2.24, 2.45) is 16.0 Å². The van der Waals surface area contributed by atoms with E-state index < -0.39 is 15.7 Å². The number of fused-ring (bicyclic) bond motifs is 1. The molecule has 0 spiro atoms. The monoisotopic (exact) mass is 542 g/mol. The molecule has 37 heavy (non-hydrogen) atoms. The summed E-state index contributed by atoms with van der Waals surface area (Å²) in [5.74, 6) is 0.858. The summed E-state index contributed by atoms with van der Waals surface area (Å²) in [7, 11) is -2.06. The summed E-state index contributed by atoms with van der Waals surface area (Å²) in [5, 5.41) is 13.7. The Bertz CT molecular complexity index is 1400. The molecule has 1 N–H and O–H groups in total. The van der Waals surface area contributed by atoms with Crippen molar-refractivity contribution in [3.8, 4) is 17.2 Å². The van der Waals surface area contributed by atoms with Crippen molar-refractivity contribution in [1.82, 2.24) is 5.01 Å². The van der Waals surface area contributed by atoms with Gasteiger partial charge in [0.05, 0.1) is 18.4 Å². The predicted molar refractivity (Wildman–Crippen MR) is 144 cm³/mol. The lowest BCUT2D eigenvalue weighted by Gasteiger charge is -2.20. The van der Waals surface area contributed by atoms with E-state index in [9.17, 15) is 13.2 Å². The molecule has 2 aliphatic rings. The Morgan fingerprint density at radius 1 is 1.05 bits per heavy atom. The fourth-order valence-electron chi connectivity index (χ4n) is 3.49. The molecule has 0 aliphatic carbocycles. The van der Waals surface area contributed by atoms with Gasteiger partial charge in [0, 0.05) is 0 Å². The Balaban J connectivity index is 1.39. The van der Waals surface area contributed by atoms with Crippen LogP contribution in [-0.4, -0.2) is 60.8 Å². The Hall–Kier alpha value is -3.64. The highest BCUT2D eigenvalue weighted by Crippen LogP contribution is 2.31. The first-order valence-corrected chi connectivity index (χ1v) is 13.9. The zero-order valence-electron chi connectivity index (χ0n) is 20.5. The van der Waals surface area contributed by atoms with Crippen molar-refractivity contribution in [1.29, 1.82) is 5.41 Å². The molecule has 2 aromatic rings. The van der Waals surface area contributed by atoms with Gasteiger partial charge in [-0.1, -0.05) is 38.1 Å². The first-order chi connectivity index (χ1) is 17.7. The van der Waals surface area contributed by atoms with Crippen LogP contribution in [0.1, 0.15) is 19.4 Å². The molecule has 2 heterocycles. The number of amides is 1. The third kappa shape index (κ3) is 6.20. The fourth-order valence-corrected chi connectivity index (χ4v) is 6.27. The normalized spacial score (nSPS) is 16.5. The molecule has 0 unspecified atom stereocenters. The molecular formula is C25H26N4O6S2. The third-order valence-corrected chi connectivity index (χ3v) is 8.56. The van der Waals surface area contributed by atoms with Gasteiger partial charge in [0.15, 0.2) is 17.3 Å². The molecule has 12 heteroatoms. The lowest BCUT2D eigenvalue weighted by Crippen LogP contribution is -2.35. The van der Waals surface area contributed by atoms with Gasteiger partial charge in [-0.3, -0.25) is 10.2 Å². The third-order valence-electron chi connectivity index (χ3n) is 5.12. The van der Waals surface area contributed by atoms with E-state index in [1.165, 1.54) is 6.08 Å². The standard InChI is InChI=1S/C25H26N4O6S2/c1-16(2)15-37(31,32)25-28-29-22(26)19(23(30)27-24(29)36-25)14-17-8-10-18(11-9-17)34-12-13-35-21-7-5-4-6-20(21)33-3/h4-11,14,16,26H,12-13,15H2,1-3H3/b19-14+,26-22?. The second-order valence-electron chi connectivity index (χ2n) is 8.48. The molecule has 10 nitrogen and oxygen atoms in total. The van der Waals surface area contributed by atoms with Crippen molar-refractivity contribution in [2.45, 2.75) is 13.8 Å². The van der Waals surface area contributed by atoms with E-state index >= 15 is 0 Å². The van der Waals surface area contributed by atoms with E-state index in [0.717, 1.165) is 16.8 Å². The molecular weight excluding hydrogens is 516 g/mol. The fraction of sp³-hybridized carbons (Fsp3) is 0.280. The molecule has 0 bridgehead atoms. The number of rotatable bonds is 9. The number of hydrogen-bond donors (Lipinski definition) is 1. The van der Waals surface area contributed by atoms with Gasteiger partial charge in [-0.2, -0.15) is 10.0 Å². The SMILES string of the molecule is COc1ccccc1OCCOc1ccc(/C=C2\C(=N)N3N=C(S(=O)(=O)CC(C)C)SC3=NC2=O)cc1. The van der Waals surface area contributed by atoms with Crippen molar-refractivity contribution in [3.05, 3.63) is 59.7 Å². The molecule has 0 saturated carbocycles. The maximum absolute atomic E-state index is 12.6. The van der Waals surface area contributed by atoms with Gasteiger partial charge in [-0.25, -0.2) is 8.42 Å². The number of nitrogens with zero attached hydrogens (tertiary/aromatic N) is 3. The van der Waals surface area contributed by atoms with Crippen molar-refractivity contribution >= 4 is 49.0 Å². The summed E-state index contributed by atoms with van der Waals surface area (Å²) in [6.07, 6.45) is 1.51. The molecule has 0 radical (unpaired) electrons. The van der Waals surface area contributed by atoms with E-state index in [1.54, 1.807) is 45.2 Å². The van der Waals surface area contributed by atoms with E-state index in [1.807, 2.05) is 24.3 Å². The number of hydrogen-bond acceptors (Lipinski definition) is 9. The van der Waals surface area contributed by atoms with Gasteiger partial charge >= 0.3 is 0 Å². The number of hydrazone groups is 1. The number of carbonyl (C=O) groups is 1. The van der Waals surface area contributed by atoms with E-state index in [-0.39, 0.29) is 32.6 Å². The molecule has 1 amide bonds. The number of aliphatic imine (C=N–C) groups is 1. The number of methoxy groups -OCH3 is 1. The van der Waals surface area contributed by atoms with Gasteiger partial charge in [-0.05, 0) is 53.6 Å². The minimum Gasteiger partial charge on any atom is -0.493 e. The summed E-state index contributed by atoms with van der Waals surface area (Å²) in [6, 6.07) is 14.3. The number of sulfone groups is 1. The van der Waals surface area contributed by atoms with Crippen LogP contribution in [0.25, 0.3) is 6.08 Å². The first-order valence-electron chi connectivity index (χ1n) is 11.4. The van der Waals surface area contributed by atoms with Gasteiger partial charge < -0.3 is 14.2 Å². The lowest BCUT2D eigenvalue weighted by atomic mass is 10.1. The summed E-state index contributed by atoms with van der Waals surface area (Å²) >= 11 is 0.787. The van der Waals surface area contributed by atoms with E-state index in [2.05, 4.69) is 10.1 Å². The van der Waals surface area contributed by atoms with Gasteiger partial charge in [-0.15, -0.1) is 5.10 Å². The average Bonchev–Trinajstić information content (AvgIpc) is 3.30. The highest BCUT2D eigenvalue weighted by atomic mass is 32.3. The zero-order valence-corrected chi connectivity index (χ0v) is 22.1. The largest absolute Gasteiger partial charge is 0.493 e. The second-order valence-corrected chi connectivity index (χ2v) is 11.6. The summed E-state index contributed by atoms with van der Waals surface area (Å²) in [4.78, 5) is 16.6. The predicted octanol–water partition coefficient (Wildman–Crippen LogP) is 3.80. The Morgan fingerprint density at radius 2 is 1.73 bits per heavy atom. The van der Waals surface area contributed by atoms with E-state index in [4.69, 9.17) is 19.6 Å². The molecule has 0 atom stereocenters. The first kappa shape index (κ1) is 26.4. The summed E-state index contributed by atoms with van der Waals surface area (Å²) in [6.45, 7) is 4.22. The number of ether oxygens (including phenoxy) is 3. The van der Waals surface area contributed by atoms with Crippen LogP contribution < -0.4 is 14.2 Å². The molecule has 2 aromatic carbocycles. The van der Waals surface area contributed by atoms with Crippen molar-refractivity contribution < 1.29 is 27.4 Å². The minimum atomic E-state index is -3.63. The number of benzene rings is 2. The summed E-state index contributed by atoms with van der Waals surface area (Å²) < 4.78 is 41.6. The molecule has 2 aliphatic heterocycles. The number of carbonyl (C=O) groups excluding carboxylic acids is 1. The second kappa shape index (κ2) is 11.2. The molecule has 0 fully saturated rings. The average molecular weight is 543 g/mol. The van der Waals surface area contributed by atoms with Crippen LogP contribution in [0.3, 0.4) is 0 Å². The Kier molecular flexibility index (Phi) is 7.98. The molecule has 0 aromatic heterocycles. The minimum absolute atomic E-state index is 0.00878. The Morgan fingerprint density at radius 3 is 2.41 bits per heavy atom. The van der Waals surface area contributed by atoms with E-state index in [0.29, 0.717) is 36.0 Å². The topological polar surface area (TPSA) is 131 Å². The highest BCUT2D eigenvalue weighted by Gasteiger charge is 2.39. The lowest BCUT2D eigenvalue weighted by molar-refractivity contribution is -0.114. The number of nitrogens with one attached hydrogen (secondary N) is 1. The van der Waals surface area contributed by atoms with Crippen LogP contribution in [0.2, 0.25) is 0 Å². The van der Waals surface area contributed by atoms with Crippen LogP contribution in [0, 0.1) is 11.3 Å². The van der Waals surface area contributed by atoms with Gasteiger partial charge in [0.1, 0.15) is 19.0 Å². The van der Waals surface area contributed by atoms with Crippen LogP contribution in [-0.2, 0) is 14.6 Å². The van der Waals surface area contributed by atoms with Crippen LogP contribution in [0.15, 0.2) is 64.2 Å². The molecule has 4 rings (SSSR count). The quantitative estimate of drug-likeness (QED) is 0.374. The number of amidine groups is 2. The maximum Gasteiger partial charge on any atom is 0.283 e. The Labute approximate surface area is 219 Å². The van der Waals surface area contributed by atoms with Crippen LogP contribution in [0.4, 0.5) is 0 Å². The van der Waals surface area contributed by atoms with Crippen LogP contribution >= 0.6 is 11.8 Å². The highest BCUT2D eigenvalue weighted by molar-refractivity contribution is 8.42. The molecule has 0 saturated heterocycles. The zero-order chi connectivity index (χ0) is 26.6. The van der Waals surface area contributed by atoms with Gasteiger partial charge in [0.2, 0.25) is 19.4 Å². The van der Waals surface area contributed by atoms with Crippen molar-refractivity contribution in [3.63, 3.8) is 0 Å². The van der Waals surface area contributed by atoms with Gasteiger partial charge in [0.25, 0.3) is 5.91 Å². The van der Waals surface area contributed by atoms with Crippen molar-refractivity contribution in [2.75, 3.05) is 26.1 Å². The molecule has 194 valence electrons. The van der Waals surface area contributed by atoms with Crippen LogP contribution in [0.5, 0.6) is 17.2 Å². The maximum atomic E-state index is 12.6. The smallest absolute Gasteiger partial charge is 0.283 e.